The highest BCUT2D eigenvalue weighted by atomic mass is 16.1. The van der Waals surface area contributed by atoms with Crippen LogP contribution < -0.4 is 22.7 Å². The van der Waals surface area contributed by atoms with Crippen LogP contribution in [-0.4, -0.2) is 42.4 Å². The zero-order valence-corrected chi connectivity index (χ0v) is 8.65. The van der Waals surface area contributed by atoms with E-state index < -0.39 is 0 Å². The Balaban J connectivity index is 2.32. The van der Waals surface area contributed by atoms with Gasteiger partial charge in [0.2, 0.25) is 11.9 Å². The van der Waals surface area contributed by atoms with Crippen molar-refractivity contribution in [3.63, 3.8) is 0 Å². The summed E-state index contributed by atoms with van der Waals surface area (Å²) in [5.74, 6) is 5.07. The predicted molar refractivity (Wildman–Crippen MR) is 57.6 cm³/mol. The average molecular weight is 214 g/mol. The van der Waals surface area contributed by atoms with Gasteiger partial charge in [0.05, 0.1) is 12.6 Å². The molecule has 1 rings (SSSR count). The molecule has 7 N–H and O–H groups in total. The number of hydrogen-bond donors (Lipinski definition) is 4. The summed E-state index contributed by atoms with van der Waals surface area (Å²) in [6.07, 6.45) is 1.74. The number of hydrogen-bond acceptors (Lipinski definition) is 4. The van der Waals surface area contributed by atoms with Gasteiger partial charge in [-0.05, 0) is 12.8 Å². The Hall–Kier alpha value is -1.34. The second-order valence-electron chi connectivity index (χ2n) is 3.63. The Morgan fingerprint density at radius 3 is 2.47 bits per heavy atom. The fourth-order valence-electron chi connectivity index (χ4n) is 1.66. The molecule has 1 saturated heterocycles. The highest BCUT2D eigenvalue weighted by molar-refractivity contribution is 5.77. The van der Waals surface area contributed by atoms with Gasteiger partial charge in [-0.3, -0.25) is 15.1 Å². The van der Waals surface area contributed by atoms with E-state index in [-0.39, 0.29) is 17.9 Å². The number of amides is 1. The van der Waals surface area contributed by atoms with Crippen LogP contribution in [0.1, 0.15) is 12.8 Å². The maximum atomic E-state index is 10.7. The molecule has 0 atom stereocenters. The van der Waals surface area contributed by atoms with Crippen molar-refractivity contribution in [2.45, 2.75) is 18.9 Å². The van der Waals surface area contributed by atoms with Crippen LogP contribution in [-0.2, 0) is 4.79 Å². The van der Waals surface area contributed by atoms with E-state index in [9.17, 15) is 4.79 Å². The van der Waals surface area contributed by atoms with Crippen molar-refractivity contribution in [2.75, 3.05) is 19.6 Å². The molecule has 15 heavy (non-hydrogen) atoms. The van der Waals surface area contributed by atoms with Crippen molar-refractivity contribution in [2.24, 2.45) is 22.3 Å². The quantitative estimate of drug-likeness (QED) is 0.182. The molecule has 1 amide bonds. The first-order chi connectivity index (χ1) is 7.11. The summed E-state index contributed by atoms with van der Waals surface area (Å²) in [5, 5.41) is 0. The molecule has 1 aliphatic heterocycles. The number of piperidine rings is 1. The van der Waals surface area contributed by atoms with E-state index in [0.717, 1.165) is 25.9 Å². The number of nitrogens with zero attached hydrogens (tertiary/aromatic N) is 2. The molecule has 86 valence electrons. The summed E-state index contributed by atoms with van der Waals surface area (Å²) < 4.78 is 0. The number of guanidine groups is 1. The molecule has 0 aromatic heterocycles. The Bertz CT molecular complexity index is 246. The largest absolute Gasteiger partial charge is 0.369 e. The van der Waals surface area contributed by atoms with Crippen LogP contribution in [0.2, 0.25) is 0 Å². The summed E-state index contributed by atoms with van der Waals surface area (Å²) in [7, 11) is 0. The lowest BCUT2D eigenvalue weighted by Crippen LogP contribution is -2.42. The van der Waals surface area contributed by atoms with Gasteiger partial charge in [0.15, 0.2) is 0 Å². The van der Waals surface area contributed by atoms with Gasteiger partial charge in [-0.1, -0.05) is 0 Å². The molecule has 0 aliphatic carbocycles. The monoisotopic (exact) mass is 214 g/mol. The van der Waals surface area contributed by atoms with Crippen molar-refractivity contribution in [1.29, 1.82) is 0 Å². The second-order valence-corrected chi connectivity index (χ2v) is 3.63. The van der Waals surface area contributed by atoms with E-state index in [1.165, 1.54) is 0 Å². The van der Waals surface area contributed by atoms with Crippen molar-refractivity contribution in [3.8, 4) is 0 Å². The molecule has 7 nitrogen and oxygen atoms in total. The van der Waals surface area contributed by atoms with Gasteiger partial charge in [-0.15, -0.1) is 0 Å². The van der Waals surface area contributed by atoms with Gasteiger partial charge in [0.25, 0.3) is 0 Å². The van der Waals surface area contributed by atoms with Crippen LogP contribution in [0.3, 0.4) is 0 Å². The summed E-state index contributed by atoms with van der Waals surface area (Å²) in [6.45, 7) is 1.95. The van der Waals surface area contributed by atoms with E-state index in [1.807, 2.05) is 4.90 Å². The van der Waals surface area contributed by atoms with E-state index in [4.69, 9.17) is 17.3 Å². The molecule has 1 heterocycles. The smallest absolute Gasteiger partial charge is 0.231 e. The highest BCUT2D eigenvalue weighted by Gasteiger charge is 2.19. The van der Waals surface area contributed by atoms with Crippen molar-refractivity contribution < 1.29 is 4.79 Å². The minimum atomic E-state index is -0.292. The summed E-state index contributed by atoms with van der Waals surface area (Å²) in [5.41, 5.74) is 12.8. The Morgan fingerprint density at radius 1 is 1.40 bits per heavy atom. The maximum Gasteiger partial charge on any atom is 0.231 e. The van der Waals surface area contributed by atoms with Crippen LogP contribution in [0.5, 0.6) is 0 Å². The molecular formula is C8H18N6O. The van der Waals surface area contributed by atoms with Gasteiger partial charge in [0, 0.05) is 13.1 Å². The molecule has 0 unspecified atom stereocenters. The Kier molecular flexibility index (Phi) is 4.32. The lowest BCUT2D eigenvalue weighted by atomic mass is 10.1. The normalized spacial score (nSPS) is 20.2. The third kappa shape index (κ3) is 4.13. The molecular weight excluding hydrogens is 196 g/mol. The van der Waals surface area contributed by atoms with Gasteiger partial charge >= 0.3 is 0 Å². The summed E-state index contributed by atoms with van der Waals surface area (Å²) in [4.78, 5) is 16.9. The van der Waals surface area contributed by atoms with Crippen molar-refractivity contribution in [3.05, 3.63) is 0 Å². The third-order valence-corrected chi connectivity index (χ3v) is 2.41. The molecule has 0 bridgehead atoms. The fraction of sp³-hybridized carbons (Fsp3) is 0.750. The SMILES string of the molecule is NNC(N)=NC1CCN(CC(N)=O)CC1. The number of nitrogens with two attached hydrogens (primary N) is 3. The van der Waals surface area contributed by atoms with Crippen molar-refractivity contribution in [1.82, 2.24) is 10.3 Å². The fourth-order valence-corrected chi connectivity index (χ4v) is 1.66. The number of rotatable bonds is 3. The standard InChI is InChI=1S/C8H18N6O/c9-7(15)5-14-3-1-6(2-4-14)12-8(10)13-11/h6H,1-5,11H2,(H2,9,15)(H3,10,12,13). The topological polar surface area (TPSA) is 123 Å². The lowest BCUT2D eigenvalue weighted by Gasteiger charge is -2.29. The van der Waals surface area contributed by atoms with E-state index in [1.54, 1.807) is 0 Å². The van der Waals surface area contributed by atoms with Gasteiger partial charge in [-0.2, -0.15) is 0 Å². The number of primary amides is 1. The van der Waals surface area contributed by atoms with Gasteiger partial charge < -0.3 is 11.5 Å². The molecule has 1 aliphatic rings. The minimum Gasteiger partial charge on any atom is -0.369 e. The summed E-state index contributed by atoms with van der Waals surface area (Å²) in [6, 6.07) is 0.185. The molecule has 0 radical (unpaired) electrons. The van der Waals surface area contributed by atoms with Crippen LogP contribution >= 0.6 is 0 Å². The number of carbonyl (C=O) groups excluding carboxylic acids is 1. The van der Waals surface area contributed by atoms with E-state index in [0.29, 0.717) is 6.54 Å². The summed E-state index contributed by atoms with van der Waals surface area (Å²) >= 11 is 0. The Morgan fingerprint density at radius 2 is 2.00 bits per heavy atom. The first kappa shape index (κ1) is 11.7. The van der Waals surface area contributed by atoms with Crippen LogP contribution in [0, 0.1) is 0 Å². The van der Waals surface area contributed by atoms with Crippen molar-refractivity contribution >= 4 is 11.9 Å². The minimum absolute atomic E-state index is 0.185. The van der Waals surface area contributed by atoms with Crippen LogP contribution in [0.15, 0.2) is 4.99 Å². The molecule has 0 saturated carbocycles. The number of carbonyl (C=O) groups is 1. The van der Waals surface area contributed by atoms with E-state index in [2.05, 4.69) is 10.4 Å². The molecule has 1 fully saturated rings. The molecule has 0 aromatic rings. The molecule has 0 spiro atoms. The first-order valence-corrected chi connectivity index (χ1v) is 4.92. The number of hydrazine groups is 1. The maximum absolute atomic E-state index is 10.7. The number of aliphatic imine (C=N–C) groups is 1. The van der Waals surface area contributed by atoms with E-state index >= 15 is 0 Å². The zero-order valence-electron chi connectivity index (χ0n) is 8.65. The first-order valence-electron chi connectivity index (χ1n) is 4.92. The average Bonchev–Trinajstić information content (AvgIpc) is 2.20. The van der Waals surface area contributed by atoms with Gasteiger partial charge in [-0.25, -0.2) is 10.8 Å². The highest BCUT2D eigenvalue weighted by Crippen LogP contribution is 2.12. The second kappa shape index (κ2) is 5.52. The zero-order chi connectivity index (χ0) is 11.3. The predicted octanol–water partition coefficient (Wildman–Crippen LogP) is -2.29. The molecule has 0 aromatic carbocycles. The van der Waals surface area contributed by atoms with Crippen LogP contribution in [0.4, 0.5) is 0 Å². The number of nitrogens with one attached hydrogen (secondary N) is 1. The number of likely N-dealkylation sites (tertiary alicyclic amines) is 1. The van der Waals surface area contributed by atoms with Crippen LogP contribution in [0.25, 0.3) is 0 Å². The van der Waals surface area contributed by atoms with Gasteiger partial charge in [0.1, 0.15) is 0 Å². The molecule has 7 heteroatoms. The third-order valence-electron chi connectivity index (χ3n) is 2.41. The lowest BCUT2D eigenvalue weighted by molar-refractivity contribution is -0.119. The Labute approximate surface area is 88.6 Å².